The number of likely N-dealkylation sites (N-methyl/N-ethyl adjacent to an activating group) is 4. The maximum atomic E-state index is 12.5. The molecule has 636 valence electrons. The van der Waals surface area contributed by atoms with Crippen LogP contribution in [-0.2, 0) is 19.2 Å². The number of pyridine rings is 8. The van der Waals surface area contributed by atoms with Crippen molar-refractivity contribution in [2.45, 2.75) is 90.4 Å². The van der Waals surface area contributed by atoms with Crippen molar-refractivity contribution in [2.75, 3.05) is 98.6 Å². The van der Waals surface area contributed by atoms with Gasteiger partial charge in [-0.05, 0) is 159 Å². The molecular weight excluding hydrogens is 1590 g/mol. The summed E-state index contributed by atoms with van der Waals surface area (Å²) in [4.78, 5) is 92.6. The molecule has 32 heteroatoms. The van der Waals surface area contributed by atoms with Crippen LogP contribution in [0.25, 0.3) is 88.1 Å². The molecule has 4 aromatic carbocycles. The normalized spacial score (nSPS) is 16.4. The van der Waals surface area contributed by atoms with Gasteiger partial charge in [-0.2, -0.15) is 20.4 Å². The summed E-state index contributed by atoms with van der Waals surface area (Å²) in [5.41, 5.74) is 40.1. The summed E-state index contributed by atoms with van der Waals surface area (Å²) in [6.07, 6.45) is 26.2. The van der Waals surface area contributed by atoms with E-state index in [1.165, 1.54) is 0 Å². The van der Waals surface area contributed by atoms with Crippen molar-refractivity contribution < 1.29 is 19.2 Å². The van der Waals surface area contributed by atoms with Crippen molar-refractivity contribution in [3.63, 3.8) is 0 Å². The molecule has 126 heavy (non-hydrogen) atoms. The first-order valence-corrected chi connectivity index (χ1v) is 41.7. The first kappa shape index (κ1) is 82.5. The Morgan fingerprint density at radius 2 is 0.532 bits per heavy atom. The van der Waals surface area contributed by atoms with Crippen LogP contribution in [0, 0.1) is 27.7 Å². The van der Waals surface area contributed by atoms with Crippen LogP contribution < -0.4 is 44.2 Å². The van der Waals surface area contributed by atoms with Gasteiger partial charge >= 0.3 is 0 Å². The molecule has 4 fully saturated rings. The number of nitrogen functional groups attached to an aromatic ring is 4. The summed E-state index contributed by atoms with van der Waals surface area (Å²) in [6.45, 7) is 11.3. The highest BCUT2D eigenvalue weighted by Crippen LogP contribution is 2.37. The minimum absolute atomic E-state index is 0.0881. The van der Waals surface area contributed by atoms with Crippen molar-refractivity contribution in [3.8, 4) is 45.0 Å². The fourth-order valence-corrected chi connectivity index (χ4v) is 16.5. The number of hydrogen-bond donors (Lipinski definition) is 8. The third kappa shape index (κ3) is 17.6. The fraction of sp³-hybridized carbons (Fsp3) is 0.234. The number of likely N-dealkylation sites (tertiary alicyclic amines) is 4. The Morgan fingerprint density at radius 3 is 0.770 bits per heavy atom. The zero-order valence-corrected chi connectivity index (χ0v) is 71.1. The van der Waals surface area contributed by atoms with Crippen molar-refractivity contribution in [3.05, 3.63) is 242 Å². The molecule has 0 radical (unpaired) electrons. The van der Waals surface area contributed by atoms with Crippen molar-refractivity contribution in [1.82, 2.24) is 98.6 Å². The molecule has 16 aromatic rings. The predicted octanol–water partition coefficient (Wildman–Crippen LogP) is 14.9. The Bertz CT molecular complexity index is 6430. The van der Waals surface area contributed by atoms with E-state index in [0.29, 0.717) is 46.5 Å². The van der Waals surface area contributed by atoms with Gasteiger partial charge in [0.1, 0.15) is 70.7 Å². The molecule has 32 nitrogen and oxygen atoms in total. The lowest BCUT2D eigenvalue weighted by atomic mass is 10.0. The van der Waals surface area contributed by atoms with Crippen molar-refractivity contribution in [2.24, 2.45) is 0 Å². The molecule has 16 heterocycles. The first-order valence-electron chi connectivity index (χ1n) is 41.7. The van der Waals surface area contributed by atoms with E-state index in [1.807, 2.05) is 174 Å². The lowest BCUT2D eigenvalue weighted by Crippen LogP contribution is -2.39. The van der Waals surface area contributed by atoms with Crippen LogP contribution in [0.2, 0.25) is 0 Å². The van der Waals surface area contributed by atoms with Gasteiger partial charge in [0.25, 0.3) is 0 Å². The van der Waals surface area contributed by atoms with E-state index in [1.54, 1.807) is 87.9 Å². The SMILES string of the molecule is Cc1ccccc1-c1cc2cc(Nc3cnn([C@@H]4CCCN(C)C4=O)c3)ncc2c(N)n1.Cc1ccccc1-c1cc2cc(Nc3cnn([C@@H]4CCN(C)C4=O)c3)ncc2c(N)n1.Cc1ccccc1-c1cc2cc(Nc3cnn([C@H]4CCCN(C)C4=O)c3)ncc2c(N)n1.Cc1ccccc1-c1cc2cc(Nc3cnn([C@H]4CCN(C)C4=O)c3)ncc2c(N)n1. The number of benzene rings is 4. The van der Waals surface area contributed by atoms with E-state index < -0.39 is 0 Å². The molecule has 0 unspecified atom stereocenters. The number of piperidine rings is 2. The van der Waals surface area contributed by atoms with Crippen LogP contribution in [0.5, 0.6) is 0 Å². The lowest BCUT2D eigenvalue weighted by Gasteiger charge is -2.29. The highest BCUT2D eigenvalue weighted by molar-refractivity contribution is 5.99. The average Bonchev–Trinajstić information content (AvgIpc) is 1.73. The molecule has 12 N–H and O–H groups in total. The second-order valence-electron chi connectivity index (χ2n) is 32.3. The lowest BCUT2D eigenvalue weighted by molar-refractivity contribution is -0.137. The number of carbonyl (C=O) groups is 4. The van der Waals surface area contributed by atoms with Gasteiger partial charge in [0.15, 0.2) is 0 Å². The number of fused-ring (bicyclic) bond motifs is 4. The van der Waals surface area contributed by atoms with Crippen molar-refractivity contribution in [1.29, 1.82) is 0 Å². The topological polar surface area (TPSA) is 408 Å². The molecule has 4 atom stereocenters. The van der Waals surface area contributed by atoms with Crippen LogP contribution in [-0.4, -0.2) is 177 Å². The molecule has 0 saturated carbocycles. The monoisotopic (exact) mass is 1680 g/mol. The molecule has 0 bridgehead atoms. The smallest absolute Gasteiger partial charge is 0.247 e. The molecule has 0 spiro atoms. The van der Waals surface area contributed by atoms with Gasteiger partial charge in [-0.15, -0.1) is 0 Å². The summed E-state index contributed by atoms with van der Waals surface area (Å²) < 4.78 is 6.90. The van der Waals surface area contributed by atoms with Crippen LogP contribution in [0.3, 0.4) is 0 Å². The summed E-state index contributed by atoms with van der Waals surface area (Å²) >= 11 is 0. The summed E-state index contributed by atoms with van der Waals surface area (Å²) in [7, 11) is 7.30. The van der Waals surface area contributed by atoms with E-state index in [4.69, 9.17) is 22.9 Å². The Morgan fingerprint density at radius 1 is 0.302 bits per heavy atom. The van der Waals surface area contributed by atoms with E-state index in [-0.39, 0.29) is 47.8 Å². The van der Waals surface area contributed by atoms with Gasteiger partial charge < -0.3 is 63.8 Å². The van der Waals surface area contributed by atoms with Gasteiger partial charge in [-0.3, -0.25) is 37.9 Å². The van der Waals surface area contributed by atoms with E-state index in [0.717, 1.165) is 198 Å². The number of anilines is 12. The summed E-state index contributed by atoms with van der Waals surface area (Å²) in [6, 6.07) is 47.3. The fourth-order valence-electron chi connectivity index (χ4n) is 16.5. The van der Waals surface area contributed by atoms with Crippen LogP contribution in [0.4, 0.5) is 69.3 Å². The molecule has 0 aliphatic carbocycles. The summed E-state index contributed by atoms with van der Waals surface area (Å²) in [5.74, 6) is 4.86. The number of nitrogens with zero attached hydrogens (tertiary/aromatic N) is 20. The minimum atomic E-state index is -0.253. The van der Waals surface area contributed by atoms with E-state index >= 15 is 0 Å². The number of amides is 4. The number of nitrogens with one attached hydrogen (secondary N) is 4. The van der Waals surface area contributed by atoms with E-state index in [2.05, 4.69) is 133 Å². The molecule has 4 saturated heterocycles. The van der Waals surface area contributed by atoms with Gasteiger partial charge in [-0.1, -0.05) is 97.1 Å². The van der Waals surface area contributed by atoms with Gasteiger partial charge in [0.05, 0.1) is 70.3 Å². The number of nitrogens with two attached hydrogens (primary N) is 4. The Labute approximate surface area is 726 Å². The zero-order valence-electron chi connectivity index (χ0n) is 71.1. The zero-order chi connectivity index (χ0) is 87.6. The van der Waals surface area contributed by atoms with Crippen LogP contribution >= 0.6 is 0 Å². The minimum Gasteiger partial charge on any atom is -0.383 e. The van der Waals surface area contributed by atoms with Gasteiger partial charge in [-0.25, -0.2) is 39.9 Å². The number of hydrogen-bond acceptors (Lipinski definition) is 24. The molecule has 20 rings (SSSR count). The average molecular weight is 1680 g/mol. The molecular formula is C94H96N28O4. The molecule has 4 aliphatic heterocycles. The largest absolute Gasteiger partial charge is 0.383 e. The van der Waals surface area contributed by atoms with Crippen LogP contribution in [0.1, 0.15) is 84.9 Å². The predicted molar refractivity (Wildman–Crippen MR) is 493 cm³/mol. The first-order chi connectivity index (χ1) is 61.0. The number of aromatic nitrogens is 16. The Hall–Kier alpha value is -15.8. The molecule has 12 aromatic heterocycles. The highest BCUT2D eigenvalue weighted by atomic mass is 16.2. The highest BCUT2D eigenvalue weighted by Gasteiger charge is 2.34. The third-order valence-electron chi connectivity index (χ3n) is 23.5. The Balaban J connectivity index is 0.000000119. The maximum Gasteiger partial charge on any atom is 0.247 e. The standard InChI is InChI=1S/2C24H25N7O.2C23H23N7O/c2*1-15-6-3-4-7-18(15)20-10-16-11-22(26-13-19(16)23(25)29-20)28-17-12-27-31(14-17)21-8-5-9-30(2)24(21)32;2*1-14-5-3-4-6-17(14)19-9-15-10-21(25-12-18(15)22(24)28-19)27-16-11-26-30(13-16)20-7-8-29(2)23(20)31/h2*3-4,6-7,10-14,21H,5,8-9H2,1-2H3,(H2,25,29)(H,26,28);2*3-6,9-13,20H,7-8H2,1-2H3,(H2,24,28)(H,25,27)/t2*21-;2*20-/m1010/s1. The molecule has 4 aliphatic rings. The van der Waals surface area contributed by atoms with Crippen LogP contribution in [0.15, 0.2) is 220 Å². The van der Waals surface area contributed by atoms with Gasteiger partial charge in [0.2, 0.25) is 23.6 Å². The number of aryl methyl sites for hydroxylation is 4. The van der Waals surface area contributed by atoms with Crippen molar-refractivity contribution >= 4 is 136 Å². The Kier molecular flexibility index (Phi) is 23.2. The number of rotatable bonds is 16. The summed E-state index contributed by atoms with van der Waals surface area (Å²) in [5, 5.41) is 37.7. The third-order valence-corrected chi connectivity index (χ3v) is 23.5. The second-order valence-corrected chi connectivity index (χ2v) is 32.3. The quantitative estimate of drug-likeness (QED) is 0.0445. The molecule has 4 amide bonds. The number of carbonyl (C=O) groups excluding carboxylic acids is 4. The maximum absolute atomic E-state index is 12.5. The van der Waals surface area contributed by atoms with E-state index in [9.17, 15) is 19.2 Å². The van der Waals surface area contributed by atoms with Gasteiger partial charge in [0, 0.05) is 148 Å². The second kappa shape index (κ2) is 35.4.